The molecule has 1 aliphatic rings. The number of hydrogen-bond donors (Lipinski definition) is 2. The number of thiophene rings is 1. The van der Waals surface area contributed by atoms with E-state index in [0.717, 1.165) is 24.4 Å². The zero-order valence-electron chi connectivity index (χ0n) is 15.6. The fraction of sp³-hybridized carbons (Fsp3) is 0.368. The van der Waals surface area contributed by atoms with Crippen LogP contribution >= 0.6 is 11.3 Å². The average molecular weight is 423 g/mol. The minimum absolute atomic E-state index is 0.159. The summed E-state index contributed by atoms with van der Waals surface area (Å²) in [6.07, 6.45) is 0. The molecule has 0 bridgehead atoms. The average Bonchev–Trinajstić information content (AvgIpc) is 3.24. The molecule has 0 saturated carbocycles. The first-order valence-corrected chi connectivity index (χ1v) is 11.5. The van der Waals surface area contributed by atoms with Gasteiger partial charge in [0, 0.05) is 6.54 Å². The second-order valence-corrected chi connectivity index (χ2v) is 10.1. The quantitative estimate of drug-likeness (QED) is 0.650. The lowest BCUT2D eigenvalue weighted by molar-refractivity contribution is -0.883. The van der Waals surface area contributed by atoms with E-state index < -0.39 is 26.9 Å². The number of nitrogens with zero attached hydrogens (tertiary/aromatic N) is 1. The Labute approximate surface area is 168 Å². The highest BCUT2D eigenvalue weighted by Crippen LogP contribution is 2.31. The Hall–Kier alpha value is -2.23. The van der Waals surface area contributed by atoms with Crippen LogP contribution in [0, 0.1) is 0 Å². The molecular formula is C19H24N3O4S2+. The van der Waals surface area contributed by atoms with Gasteiger partial charge in [0.25, 0.3) is 0 Å². The van der Waals surface area contributed by atoms with Gasteiger partial charge in [-0.15, -0.1) is 11.3 Å². The van der Waals surface area contributed by atoms with E-state index in [1.165, 1.54) is 9.80 Å². The van der Waals surface area contributed by atoms with Gasteiger partial charge in [0.1, 0.15) is 9.46 Å². The van der Waals surface area contributed by atoms with Crippen molar-refractivity contribution in [3.05, 3.63) is 53.4 Å². The maximum absolute atomic E-state index is 13.1. The standard InChI is InChI=1S/C19H23N3O4S2/c1-21-9-11-22(12-10-21)19(24)18(23)20-14-16(15-6-3-2-4-7-15)28(25,26)17-8-5-13-27-17/h2-8,13,16H,9-12,14H2,1H3,(H,20,23)/p+1/t16-/m0/s1. The lowest BCUT2D eigenvalue weighted by atomic mass is 10.1. The van der Waals surface area contributed by atoms with Gasteiger partial charge in [0.2, 0.25) is 0 Å². The van der Waals surface area contributed by atoms with E-state index in [4.69, 9.17) is 0 Å². The molecule has 0 aliphatic carbocycles. The summed E-state index contributed by atoms with van der Waals surface area (Å²) in [6.45, 7) is 2.46. The first-order valence-electron chi connectivity index (χ1n) is 9.10. The third kappa shape index (κ3) is 4.60. The van der Waals surface area contributed by atoms with Gasteiger partial charge in [0.05, 0.1) is 33.2 Å². The van der Waals surface area contributed by atoms with Crippen LogP contribution in [0.3, 0.4) is 0 Å². The zero-order chi connectivity index (χ0) is 20.1. The molecule has 2 amide bonds. The zero-order valence-corrected chi connectivity index (χ0v) is 17.3. The fourth-order valence-corrected chi connectivity index (χ4v) is 6.00. The SMILES string of the molecule is C[NH+]1CCN(C(=O)C(=O)NC[C@@H](c2ccccc2)S(=O)(=O)c2cccs2)CC1. The van der Waals surface area contributed by atoms with Gasteiger partial charge in [-0.3, -0.25) is 9.59 Å². The van der Waals surface area contributed by atoms with Crippen molar-refractivity contribution < 1.29 is 22.9 Å². The van der Waals surface area contributed by atoms with Gasteiger partial charge in [-0.25, -0.2) is 8.42 Å². The van der Waals surface area contributed by atoms with Gasteiger partial charge in [0.15, 0.2) is 9.84 Å². The number of piperazine rings is 1. The Morgan fingerprint density at radius 3 is 2.43 bits per heavy atom. The summed E-state index contributed by atoms with van der Waals surface area (Å²) < 4.78 is 26.4. The molecule has 7 nitrogen and oxygen atoms in total. The number of quaternary nitrogens is 1. The molecule has 2 aromatic rings. The van der Waals surface area contributed by atoms with E-state index in [9.17, 15) is 18.0 Å². The molecular weight excluding hydrogens is 398 g/mol. The topological polar surface area (TPSA) is 88.0 Å². The number of rotatable bonds is 5. The molecule has 0 radical (unpaired) electrons. The molecule has 1 aromatic carbocycles. The Balaban J connectivity index is 1.74. The molecule has 1 saturated heterocycles. The lowest BCUT2D eigenvalue weighted by Gasteiger charge is -2.29. The first kappa shape index (κ1) is 20.5. The number of nitrogens with one attached hydrogen (secondary N) is 2. The van der Waals surface area contributed by atoms with Crippen LogP contribution in [0.25, 0.3) is 0 Å². The molecule has 1 aromatic heterocycles. The van der Waals surface area contributed by atoms with Gasteiger partial charge >= 0.3 is 11.8 Å². The van der Waals surface area contributed by atoms with E-state index in [-0.39, 0.29) is 10.8 Å². The van der Waals surface area contributed by atoms with E-state index in [0.29, 0.717) is 18.7 Å². The summed E-state index contributed by atoms with van der Waals surface area (Å²) in [5.74, 6) is -1.37. The third-order valence-corrected chi connectivity index (χ3v) is 8.40. The van der Waals surface area contributed by atoms with Gasteiger partial charge < -0.3 is 15.1 Å². The van der Waals surface area contributed by atoms with Crippen LogP contribution in [0.4, 0.5) is 0 Å². The second kappa shape index (κ2) is 8.85. The first-order chi connectivity index (χ1) is 13.4. The van der Waals surface area contributed by atoms with Crippen LogP contribution in [0.2, 0.25) is 0 Å². The van der Waals surface area contributed by atoms with Crippen molar-refractivity contribution in [1.82, 2.24) is 10.2 Å². The number of sulfone groups is 1. The van der Waals surface area contributed by atoms with Crippen LogP contribution in [-0.4, -0.2) is 64.9 Å². The second-order valence-electron chi connectivity index (χ2n) is 6.84. The molecule has 0 unspecified atom stereocenters. The Morgan fingerprint density at radius 2 is 1.82 bits per heavy atom. The van der Waals surface area contributed by atoms with Crippen molar-refractivity contribution in [3.63, 3.8) is 0 Å². The molecule has 1 atom stereocenters. The normalized spacial score (nSPS) is 16.5. The fourth-order valence-electron chi connectivity index (χ4n) is 3.14. The number of carbonyl (C=O) groups is 2. The largest absolute Gasteiger partial charge is 0.346 e. The third-order valence-electron chi connectivity index (χ3n) is 4.87. The van der Waals surface area contributed by atoms with Crippen molar-refractivity contribution in [2.75, 3.05) is 39.8 Å². The van der Waals surface area contributed by atoms with Crippen molar-refractivity contribution in [1.29, 1.82) is 0 Å². The highest BCUT2D eigenvalue weighted by molar-refractivity contribution is 7.93. The highest BCUT2D eigenvalue weighted by Gasteiger charge is 2.32. The lowest BCUT2D eigenvalue weighted by Crippen LogP contribution is -3.12. The van der Waals surface area contributed by atoms with E-state index in [1.807, 2.05) is 7.05 Å². The highest BCUT2D eigenvalue weighted by atomic mass is 32.2. The summed E-state index contributed by atoms with van der Waals surface area (Å²) in [4.78, 5) is 27.6. The monoisotopic (exact) mass is 422 g/mol. The number of amides is 2. The van der Waals surface area contributed by atoms with Gasteiger partial charge in [-0.05, 0) is 17.0 Å². The predicted molar refractivity (Wildman–Crippen MR) is 107 cm³/mol. The summed E-state index contributed by atoms with van der Waals surface area (Å²) in [7, 11) is -1.65. The van der Waals surface area contributed by atoms with Crippen molar-refractivity contribution in [3.8, 4) is 0 Å². The smallest absolute Gasteiger partial charge is 0.312 e. The molecule has 150 valence electrons. The molecule has 2 N–H and O–H groups in total. The molecule has 28 heavy (non-hydrogen) atoms. The van der Waals surface area contributed by atoms with Crippen molar-refractivity contribution >= 4 is 33.0 Å². The predicted octanol–water partition coefficient (Wildman–Crippen LogP) is -0.264. The van der Waals surface area contributed by atoms with Crippen LogP contribution in [0.1, 0.15) is 10.8 Å². The van der Waals surface area contributed by atoms with Crippen LogP contribution in [0.5, 0.6) is 0 Å². The number of benzene rings is 1. The minimum atomic E-state index is -3.69. The molecule has 1 aliphatic heterocycles. The van der Waals surface area contributed by atoms with Gasteiger partial charge in [-0.2, -0.15) is 0 Å². The molecule has 1 fully saturated rings. The Bertz CT molecular complexity index is 906. The molecule has 9 heteroatoms. The van der Waals surface area contributed by atoms with Crippen LogP contribution < -0.4 is 10.2 Å². The Kier molecular flexibility index (Phi) is 6.48. The van der Waals surface area contributed by atoms with Gasteiger partial charge in [-0.1, -0.05) is 36.4 Å². The number of hydrogen-bond acceptors (Lipinski definition) is 5. The molecule has 0 spiro atoms. The van der Waals surface area contributed by atoms with Crippen LogP contribution in [-0.2, 0) is 19.4 Å². The summed E-state index contributed by atoms with van der Waals surface area (Å²) in [6, 6.07) is 12.0. The van der Waals surface area contributed by atoms with Crippen molar-refractivity contribution in [2.45, 2.75) is 9.46 Å². The number of likely N-dealkylation sites (N-methyl/N-ethyl adjacent to an activating group) is 1. The maximum Gasteiger partial charge on any atom is 0.312 e. The summed E-state index contributed by atoms with van der Waals surface area (Å²) >= 11 is 1.14. The Morgan fingerprint density at radius 1 is 1.14 bits per heavy atom. The van der Waals surface area contributed by atoms with E-state index >= 15 is 0 Å². The summed E-state index contributed by atoms with van der Waals surface area (Å²) in [5, 5.41) is 3.29. The minimum Gasteiger partial charge on any atom is -0.346 e. The summed E-state index contributed by atoms with van der Waals surface area (Å²) in [5.41, 5.74) is 0.576. The maximum atomic E-state index is 13.1. The van der Waals surface area contributed by atoms with Crippen molar-refractivity contribution in [2.24, 2.45) is 0 Å². The van der Waals surface area contributed by atoms with E-state index in [1.54, 1.807) is 47.8 Å². The molecule has 3 rings (SSSR count). The molecule has 2 heterocycles. The number of carbonyl (C=O) groups excluding carboxylic acids is 2. The van der Waals surface area contributed by atoms with Crippen LogP contribution in [0.15, 0.2) is 52.1 Å². The van der Waals surface area contributed by atoms with E-state index in [2.05, 4.69) is 5.32 Å².